The van der Waals surface area contributed by atoms with Gasteiger partial charge in [0, 0.05) is 10.5 Å². The number of aliphatic hydroxyl groups excluding tert-OH is 1. The average Bonchev–Trinajstić information content (AvgIpc) is 3.32. The standard InChI is InChI=1S/C17H14N8O6/c18-24-23-9-11(26)17(30-12(9)16(28)29)31-25-7-21-10-13(19-6-20-14(10)25)22-15(27)8-4-2-1-3-5-8/h1-7,9,11-12,17,26H,(H,28,29)(H,19,20,22,27)/t9-,11+,12-,17?/m0/s1. The third-order valence-electron chi connectivity index (χ3n) is 4.44. The minimum Gasteiger partial charge on any atom is -0.479 e. The number of carbonyl (C=O) groups excluding carboxylic acids is 1. The maximum absolute atomic E-state index is 12.4. The zero-order valence-corrected chi connectivity index (χ0v) is 15.5. The van der Waals surface area contributed by atoms with Crippen molar-refractivity contribution in [2.24, 2.45) is 5.11 Å². The topological polar surface area (TPSA) is 197 Å². The molecule has 1 aliphatic rings. The van der Waals surface area contributed by atoms with Crippen LogP contribution in [0.1, 0.15) is 10.4 Å². The SMILES string of the molecule is [N-]=[N+]=N[C@@H]1[C@@H](C(=O)O)OC(On2cnc3c(NC(=O)c4ccccc4)ncnc32)[C@@H]1O. The molecule has 0 aliphatic carbocycles. The van der Waals surface area contributed by atoms with Crippen LogP contribution in [0.2, 0.25) is 0 Å². The molecule has 1 aliphatic heterocycles. The molecule has 4 rings (SSSR count). The lowest BCUT2D eigenvalue weighted by Crippen LogP contribution is -2.37. The van der Waals surface area contributed by atoms with Crippen LogP contribution in [-0.4, -0.2) is 66.3 Å². The number of fused-ring (bicyclic) bond motifs is 1. The van der Waals surface area contributed by atoms with Crippen LogP contribution in [0.5, 0.6) is 0 Å². The van der Waals surface area contributed by atoms with Crippen LogP contribution in [0.25, 0.3) is 21.6 Å². The largest absolute Gasteiger partial charge is 0.479 e. The van der Waals surface area contributed by atoms with Gasteiger partial charge in [-0.25, -0.2) is 19.7 Å². The number of azide groups is 1. The van der Waals surface area contributed by atoms with Gasteiger partial charge >= 0.3 is 5.97 Å². The van der Waals surface area contributed by atoms with Crippen LogP contribution in [0.15, 0.2) is 48.1 Å². The van der Waals surface area contributed by atoms with Gasteiger partial charge < -0.3 is 25.1 Å². The molecule has 14 heteroatoms. The van der Waals surface area contributed by atoms with E-state index in [0.717, 1.165) is 4.73 Å². The fourth-order valence-electron chi connectivity index (χ4n) is 2.99. The minimum atomic E-state index is -1.60. The fourth-order valence-corrected chi connectivity index (χ4v) is 2.99. The number of aliphatic hydroxyl groups is 1. The molecule has 1 fully saturated rings. The summed E-state index contributed by atoms with van der Waals surface area (Å²) >= 11 is 0. The number of imidazole rings is 1. The number of carboxylic acids is 1. The number of aromatic nitrogens is 4. The Kier molecular flexibility index (Phi) is 5.32. The maximum atomic E-state index is 12.4. The Balaban J connectivity index is 1.58. The molecular weight excluding hydrogens is 412 g/mol. The number of hydrogen-bond acceptors (Lipinski definition) is 9. The van der Waals surface area contributed by atoms with Gasteiger partial charge in [0.25, 0.3) is 12.2 Å². The summed E-state index contributed by atoms with van der Waals surface area (Å²) in [5, 5.41) is 25.4. The summed E-state index contributed by atoms with van der Waals surface area (Å²) < 4.78 is 6.21. The van der Waals surface area contributed by atoms with Crippen molar-refractivity contribution in [3.63, 3.8) is 0 Å². The molecule has 0 radical (unpaired) electrons. The second-order valence-electron chi connectivity index (χ2n) is 6.34. The van der Waals surface area contributed by atoms with Gasteiger partial charge in [0.2, 0.25) is 5.65 Å². The van der Waals surface area contributed by atoms with Crippen molar-refractivity contribution in [2.75, 3.05) is 5.32 Å². The minimum absolute atomic E-state index is 0.115. The summed E-state index contributed by atoms with van der Waals surface area (Å²) in [5.41, 5.74) is 9.32. The number of anilines is 1. The van der Waals surface area contributed by atoms with Gasteiger partial charge in [-0.2, -0.15) is 0 Å². The Morgan fingerprint density at radius 1 is 1.26 bits per heavy atom. The number of ether oxygens (including phenoxy) is 1. The number of aliphatic carboxylic acids is 1. The molecule has 1 unspecified atom stereocenters. The van der Waals surface area contributed by atoms with E-state index in [1.807, 2.05) is 0 Å². The molecule has 3 N–H and O–H groups in total. The molecule has 3 aromatic rings. The van der Waals surface area contributed by atoms with Crippen LogP contribution in [0.4, 0.5) is 5.82 Å². The van der Waals surface area contributed by atoms with Gasteiger partial charge in [-0.1, -0.05) is 23.3 Å². The lowest BCUT2D eigenvalue weighted by atomic mass is 10.1. The summed E-state index contributed by atoms with van der Waals surface area (Å²) in [6, 6.07) is 7.08. The number of hydrogen-bond donors (Lipinski definition) is 3. The zero-order valence-electron chi connectivity index (χ0n) is 15.5. The smallest absolute Gasteiger partial charge is 0.333 e. The Morgan fingerprint density at radius 3 is 2.74 bits per heavy atom. The Morgan fingerprint density at radius 2 is 2.03 bits per heavy atom. The van der Waals surface area contributed by atoms with Crippen LogP contribution in [-0.2, 0) is 9.53 Å². The van der Waals surface area contributed by atoms with E-state index in [2.05, 4.69) is 30.3 Å². The van der Waals surface area contributed by atoms with Gasteiger partial charge in [-0.3, -0.25) is 4.79 Å². The normalized spacial score (nSPS) is 22.6. The molecule has 1 saturated heterocycles. The summed E-state index contributed by atoms with van der Waals surface area (Å²) in [7, 11) is 0. The molecule has 3 heterocycles. The first-order valence-corrected chi connectivity index (χ1v) is 8.81. The van der Waals surface area contributed by atoms with Crippen molar-refractivity contribution in [1.29, 1.82) is 0 Å². The van der Waals surface area contributed by atoms with Gasteiger partial charge in [-0.15, -0.1) is 4.73 Å². The van der Waals surface area contributed by atoms with Crippen LogP contribution in [0, 0.1) is 0 Å². The number of nitrogens with one attached hydrogen (secondary N) is 1. The maximum Gasteiger partial charge on any atom is 0.333 e. The van der Waals surface area contributed by atoms with Crippen LogP contribution < -0.4 is 10.2 Å². The molecule has 14 nitrogen and oxygen atoms in total. The zero-order chi connectivity index (χ0) is 22.0. The first kappa shape index (κ1) is 20.0. The molecule has 0 spiro atoms. The molecule has 2 aromatic heterocycles. The first-order valence-electron chi connectivity index (χ1n) is 8.81. The lowest BCUT2D eigenvalue weighted by Gasteiger charge is -2.16. The predicted molar refractivity (Wildman–Crippen MR) is 102 cm³/mol. The number of rotatable bonds is 6. The van der Waals surface area contributed by atoms with E-state index >= 15 is 0 Å². The van der Waals surface area contributed by atoms with Gasteiger partial charge in [0.1, 0.15) is 24.8 Å². The van der Waals surface area contributed by atoms with Crippen molar-refractivity contribution in [1.82, 2.24) is 19.7 Å². The monoisotopic (exact) mass is 426 g/mol. The van der Waals surface area contributed by atoms with Crippen LogP contribution in [0.3, 0.4) is 0 Å². The molecule has 31 heavy (non-hydrogen) atoms. The van der Waals surface area contributed by atoms with Crippen molar-refractivity contribution in [3.8, 4) is 0 Å². The molecule has 0 bridgehead atoms. The lowest BCUT2D eigenvalue weighted by molar-refractivity contribution is -0.179. The van der Waals surface area contributed by atoms with E-state index in [0.29, 0.717) is 5.56 Å². The number of benzene rings is 1. The quantitative estimate of drug-likeness (QED) is 0.283. The Bertz CT molecular complexity index is 1180. The van der Waals surface area contributed by atoms with Crippen molar-refractivity contribution >= 4 is 28.9 Å². The van der Waals surface area contributed by atoms with Crippen molar-refractivity contribution in [3.05, 3.63) is 59.0 Å². The molecule has 1 aromatic carbocycles. The Hall–Kier alpha value is -4.26. The highest BCUT2D eigenvalue weighted by Gasteiger charge is 2.49. The van der Waals surface area contributed by atoms with Crippen LogP contribution >= 0.6 is 0 Å². The van der Waals surface area contributed by atoms with Crippen molar-refractivity contribution < 1.29 is 29.4 Å². The molecule has 158 valence electrons. The predicted octanol–water partition coefficient (Wildman–Crippen LogP) is 0.356. The van der Waals surface area contributed by atoms with E-state index in [-0.39, 0.29) is 17.0 Å². The van der Waals surface area contributed by atoms with Crippen molar-refractivity contribution in [2.45, 2.75) is 24.5 Å². The molecule has 1 amide bonds. The van der Waals surface area contributed by atoms with E-state index in [4.69, 9.17) is 15.1 Å². The number of carbonyl (C=O) groups is 2. The Labute approximate surface area is 172 Å². The highest BCUT2D eigenvalue weighted by Crippen LogP contribution is 2.25. The van der Waals surface area contributed by atoms with E-state index < -0.39 is 36.4 Å². The molecule has 0 saturated carbocycles. The number of amides is 1. The summed E-state index contributed by atoms with van der Waals surface area (Å²) in [6.07, 6.45) is -2.29. The second-order valence-corrected chi connectivity index (χ2v) is 6.34. The van der Waals surface area contributed by atoms with Gasteiger partial charge in [-0.05, 0) is 17.7 Å². The van der Waals surface area contributed by atoms with E-state index in [9.17, 15) is 19.8 Å². The molecular formula is C17H14N8O6. The van der Waals surface area contributed by atoms with E-state index in [1.54, 1.807) is 30.3 Å². The molecule has 4 atom stereocenters. The van der Waals surface area contributed by atoms with E-state index in [1.165, 1.54) is 12.7 Å². The van der Waals surface area contributed by atoms with Gasteiger partial charge in [0.15, 0.2) is 17.4 Å². The van der Waals surface area contributed by atoms with Gasteiger partial charge in [0.05, 0.1) is 0 Å². The fraction of sp³-hybridized carbons (Fsp3) is 0.235. The third-order valence-corrected chi connectivity index (χ3v) is 4.44. The highest BCUT2D eigenvalue weighted by atomic mass is 16.8. The second kappa shape index (κ2) is 8.23. The first-order chi connectivity index (χ1) is 15.0. The number of nitrogens with zero attached hydrogens (tertiary/aromatic N) is 7. The number of carboxylic acid groups (broad SMARTS) is 1. The third kappa shape index (κ3) is 3.81. The summed E-state index contributed by atoms with van der Waals surface area (Å²) in [6.45, 7) is 0. The highest BCUT2D eigenvalue weighted by molar-refractivity contribution is 6.06. The summed E-state index contributed by atoms with van der Waals surface area (Å²) in [4.78, 5) is 43.9. The summed E-state index contributed by atoms with van der Waals surface area (Å²) in [5.74, 6) is -1.72. The average molecular weight is 426 g/mol.